The largest absolute Gasteiger partial charge is 0.469 e. The van der Waals surface area contributed by atoms with Crippen molar-refractivity contribution >= 4 is 27.4 Å². The molecule has 0 radical (unpaired) electrons. The van der Waals surface area contributed by atoms with Crippen LogP contribution in [0.4, 0.5) is 5.82 Å². The molecule has 0 aliphatic heterocycles. The second kappa shape index (κ2) is 5.85. The average molecular weight is 301 g/mol. The van der Waals surface area contributed by atoms with E-state index < -0.39 is 0 Å². The fourth-order valence-electron chi connectivity index (χ4n) is 2.26. The van der Waals surface area contributed by atoms with Crippen molar-refractivity contribution in [3.05, 3.63) is 29.0 Å². The second-order valence-electron chi connectivity index (χ2n) is 5.00. The number of thiophene rings is 1. The van der Waals surface area contributed by atoms with Gasteiger partial charge in [-0.1, -0.05) is 13.8 Å². The third kappa shape index (κ3) is 2.65. The third-order valence-electron chi connectivity index (χ3n) is 3.43. The zero-order chi connectivity index (χ0) is 14.8. The van der Waals surface area contributed by atoms with Gasteiger partial charge in [-0.2, -0.15) is 0 Å². The van der Waals surface area contributed by atoms with Gasteiger partial charge in [0.25, 0.3) is 0 Å². The molecule has 0 aliphatic rings. The number of anilines is 1. The van der Waals surface area contributed by atoms with E-state index in [4.69, 9.17) is 14.4 Å². The summed E-state index contributed by atoms with van der Waals surface area (Å²) in [5.74, 6) is 2.51. The van der Waals surface area contributed by atoms with Crippen molar-refractivity contribution in [3.63, 3.8) is 0 Å². The Morgan fingerprint density at radius 2 is 2.14 bits per heavy atom. The molecule has 3 aromatic rings. The Morgan fingerprint density at radius 1 is 1.29 bits per heavy atom. The van der Waals surface area contributed by atoms with Crippen molar-refractivity contribution in [1.29, 1.82) is 0 Å². The molecular formula is C16H19N3OS. The molecule has 110 valence electrons. The van der Waals surface area contributed by atoms with Gasteiger partial charge in [-0.05, 0) is 31.9 Å². The quantitative estimate of drug-likeness (QED) is 0.745. The van der Waals surface area contributed by atoms with Crippen molar-refractivity contribution in [2.75, 3.05) is 11.9 Å². The monoisotopic (exact) mass is 301 g/mol. The van der Waals surface area contributed by atoms with Crippen LogP contribution in [-0.2, 0) is 6.42 Å². The molecule has 0 spiro atoms. The van der Waals surface area contributed by atoms with E-state index in [0.29, 0.717) is 0 Å². The number of fused-ring (bicyclic) bond motifs is 1. The molecule has 0 amide bonds. The molecule has 0 atom stereocenters. The molecule has 3 rings (SSSR count). The van der Waals surface area contributed by atoms with Gasteiger partial charge in [0, 0.05) is 11.4 Å². The lowest BCUT2D eigenvalue weighted by Gasteiger charge is -2.07. The molecule has 0 bridgehead atoms. The minimum Gasteiger partial charge on any atom is -0.469 e. The number of nitrogens with zero attached hydrogens (tertiary/aromatic N) is 2. The van der Waals surface area contributed by atoms with Crippen molar-refractivity contribution in [2.45, 2.75) is 33.6 Å². The van der Waals surface area contributed by atoms with Crippen LogP contribution in [0.3, 0.4) is 0 Å². The summed E-state index contributed by atoms with van der Waals surface area (Å²) in [6.45, 7) is 7.16. The van der Waals surface area contributed by atoms with Crippen LogP contribution in [0.5, 0.6) is 0 Å². The molecule has 0 saturated carbocycles. The zero-order valence-electron chi connectivity index (χ0n) is 12.6. The van der Waals surface area contributed by atoms with Gasteiger partial charge < -0.3 is 9.73 Å². The zero-order valence-corrected chi connectivity index (χ0v) is 13.4. The predicted octanol–water partition coefficient (Wildman–Crippen LogP) is 4.64. The van der Waals surface area contributed by atoms with Gasteiger partial charge in [-0.25, -0.2) is 9.97 Å². The number of hydrogen-bond acceptors (Lipinski definition) is 5. The number of nitrogens with one attached hydrogen (secondary N) is 1. The summed E-state index contributed by atoms with van der Waals surface area (Å²) in [4.78, 5) is 11.8. The maximum absolute atomic E-state index is 5.38. The van der Waals surface area contributed by atoms with Crippen LogP contribution in [0.25, 0.3) is 21.6 Å². The summed E-state index contributed by atoms with van der Waals surface area (Å²) < 4.78 is 5.38. The van der Waals surface area contributed by atoms with Gasteiger partial charge in [-0.15, -0.1) is 11.3 Å². The fraction of sp³-hybridized carbons (Fsp3) is 0.375. The van der Waals surface area contributed by atoms with Crippen molar-refractivity contribution in [3.8, 4) is 11.4 Å². The van der Waals surface area contributed by atoms with Crippen LogP contribution in [-0.4, -0.2) is 16.5 Å². The lowest BCUT2D eigenvalue weighted by atomic mass is 10.2. The Hall–Kier alpha value is -1.88. The average Bonchev–Trinajstić information content (AvgIpc) is 3.09. The summed E-state index contributed by atoms with van der Waals surface area (Å²) in [7, 11) is 0. The number of furan rings is 1. The van der Waals surface area contributed by atoms with E-state index in [2.05, 4.69) is 25.2 Å². The van der Waals surface area contributed by atoms with Gasteiger partial charge >= 0.3 is 0 Å². The van der Waals surface area contributed by atoms with Crippen LogP contribution in [0.2, 0.25) is 0 Å². The summed E-state index contributed by atoms with van der Waals surface area (Å²) >= 11 is 1.74. The number of aromatic nitrogens is 2. The minimum absolute atomic E-state index is 0.733. The maximum atomic E-state index is 5.38. The molecule has 3 aromatic heterocycles. The van der Waals surface area contributed by atoms with Crippen LogP contribution in [0, 0.1) is 6.92 Å². The standard InChI is InChI=1S/C16H19N3OS/c1-4-7-17-14-13-9-11(5-2)21-16(13)19-15(18-14)12-6-8-20-10(12)3/h6,8-9H,4-5,7H2,1-3H3,(H,17,18,19). The molecule has 0 saturated heterocycles. The van der Waals surface area contributed by atoms with E-state index in [1.807, 2.05) is 13.0 Å². The molecule has 0 aromatic carbocycles. The van der Waals surface area contributed by atoms with Gasteiger partial charge in [0.15, 0.2) is 5.82 Å². The van der Waals surface area contributed by atoms with Crippen molar-refractivity contribution in [1.82, 2.24) is 9.97 Å². The highest BCUT2D eigenvalue weighted by atomic mass is 32.1. The summed E-state index contributed by atoms with van der Waals surface area (Å²) in [6.07, 6.45) is 3.77. The smallest absolute Gasteiger partial charge is 0.166 e. The lowest BCUT2D eigenvalue weighted by molar-refractivity contribution is 0.535. The number of aryl methyl sites for hydroxylation is 2. The highest BCUT2D eigenvalue weighted by molar-refractivity contribution is 7.18. The molecule has 0 unspecified atom stereocenters. The van der Waals surface area contributed by atoms with E-state index in [1.165, 1.54) is 4.88 Å². The van der Waals surface area contributed by atoms with Gasteiger partial charge in [0.1, 0.15) is 16.4 Å². The Balaban J connectivity index is 2.16. The predicted molar refractivity (Wildman–Crippen MR) is 88.0 cm³/mol. The van der Waals surface area contributed by atoms with Crippen molar-refractivity contribution in [2.24, 2.45) is 0 Å². The first kappa shape index (κ1) is 14.1. The van der Waals surface area contributed by atoms with E-state index in [0.717, 1.165) is 52.6 Å². The van der Waals surface area contributed by atoms with Crippen LogP contribution in [0.15, 0.2) is 22.8 Å². The molecule has 0 aliphatic carbocycles. The second-order valence-corrected chi connectivity index (χ2v) is 6.11. The lowest BCUT2D eigenvalue weighted by Crippen LogP contribution is -2.04. The highest BCUT2D eigenvalue weighted by Crippen LogP contribution is 2.32. The summed E-state index contributed by atoms with van der Waals surface area (Å²) in [5, 5.41) is 4.54. The van der Waals surface area contributed by atoms with E-state index in [9.17, 15) is 0 Å². The first-order chi connectivity index (χ1) is 10.2. The normalized spacial score (nSPS) is 11.2. The Kier molecular flexibility index (Phi) is 3.92. The topological polar surface area (TPSA) is 51.0 Å². The molecule has 4 nitrogen and oxygen atoms in total. The highest BCUT2D eigenvalue weighted by Gasteiger charge is 2.14. The first-order valence-electron chi connectivity index (χ1n) is 7.31. The van der Waals surface area contributed by atoms with E-state index in [-0.39, 0.29) is 0 Å². The van der Waals surface area contributed by atoms with Gasteiger partial charge in [-0.3, -0.25) is 0 Å². The fourth-order valence-corrected chi connectivity index (χ4v) is 3.23. The third-order valence-corrected chi connectivity index (χ3v) is 4.61. The molecule has 5 heteroatoms. The van der Waals surface area contributed by atoms with Crippen molar-refractivity contribution < 1.29 is 4.42 Å². The minimum atomic E-state index is 0.733. The van der Waals surface area contributed by atoms with Crippen LogP contribution >= 0.6 is 11.3 Å². The first-order valence-corrected chi connectivity index (χ1v) is 8.13. The van der Waals surface area contributed by atoms with Gasteiger partial charge in [0.05, 0.1) is 17.2 Å². The van der Waals surface area contributed by atoms with E-state index >= 15 is 0 Å². The molecule has 1 N–H and O–H groups in total. The number of rotatable bonds is 5. The molecular weight excluding hydrogens is 282 g/mol. The molecule has 3 heterocycles. The Labute approximate surface area is 128 Å². The Morgan fingerprint density at radius 3 is 2.81 bits per heavy atom. The maximum Gasteiger partial charge on any atom is 0.166 e. The van der Waals surface area contributed by atoms with Gasteiger partial charge in [0.2, 0.25) is 0 Å². The van der Waals surface area contributed by atoms with Crippen LogP contribution in [0.1, 0.15) is 30.9 Å². The van der Waals surface area contributed by atoms with Crippen LogP contribution < -0.4 is 5.32 Å². The van der Waals surface area contributed by atoms with E-state index in [1.54, 1.807) is 17.6 Å². The SMILES string of the molecule is CCCNc1nc(-c2ccoc2C)nc2sc(CC)cc12. The Bertz CT molecular complexity index is 760. The molecule has 21 heavy (non-hydrogen) atoms. The summed E-state index contributed by atoms with van der Waals surface area (Å²) in [5.41, 5.74) is 0.961. The summed E-state index contributed by atoms with van der Waals surface area (Å²) in [6, 6.07) is 4.12. The molecule has 0 fully saturated rings. The number of hydrogen-bond donors (Lipinski definition) is 1.